The van der Waals surface area contributed by atoms with Gasteiger partial charge in [0, 0.05) is 0 Å². The summed E-state index contributed by atoms with van der Waals surface area (Å²) in [6.45, 7) is 3.49. The molecular formula is C12H14O2. The number of benzene rings is 1. The van der Waals surface area contributed by atoms with Crippen LogP contribution in [0.5, 0.6) is 0 Å². The van der Waals surface area contributed by atoms with Crippen LogP contribution in [0.25, 0.3) is 0 Å². The molecule has 1 aromatic carbocycles. The van der Waals surface area contributed by atoms with Crippen LogP contribution in [0.15, 0.2) is 55.1 Å². The number of aliphatic hydroxyl groups excluding tert-OH is 2. The molecule has 0 saturated heterocycles. The molecular weight excluding hydrogens is 176 g/mol. The SMILES string of the molecule is C=C/C=C/[C@H](O)[C@H](O)c1ccccc1. The second kappa shape index (κ2) is 5.37. The summed E-state index contributed by atoms with van der Waals surface area (Å²) in [6, 6.07) is 9.05. The van der Waals surface area contributed by atoms with Crippen LogP contribution in [0.2, 0.25) is 0 Å². The Balaban J connectivity index is 2.70. The lowest BCUT2D eigenvalue weighted by Crippen LogP contribution is -2.15. The molecule has 0 radical (unpaired) electrons. The molecule has 0 amide bonds. The molecule has 74 valence electrons. The van der Waals surface area contributed by atoms with E-state index >= 15 is 0 Å². The molecule has 2 N–H and O–H groups in total. The highest BCUT2D eigenvalue weighted by Gasteiger charge is 2.14. The molecule has 0 aliphatic heterocycles. The van der Waals surface area contributed by atoms with E-state index in [0.29, 0.717) is 5.56 Å². The fourth-order valence-corrected chi connectivity index (χ4v) is 1.15. The lowest BCUT2D eigenvalue weighted by atomic mass is 10.0. The van der Waals surface area contributed by atoms with Crippen LogP contribution in [-0.4, -0.2) is 16.3 Å². The Morgan fingerprint density at radius 3 is 2.36 bits per heavy atom. The summed E-state index contributed by atoms with van der Waals surface area (Å²) in [4.78, 5) is 0. The maximum atomic E-state index is 9.68. The predicted octanol–water partition coefficient (Wildman–Crippen LogP) is 1.82. The fourth-order valence-electron chi connectivity index (χ4n) is 1.15. The van der Waals surface area contributed by atoms with E-state index in [2.05, 4.69) is 6.58 Å². The zero-order valence-electron chi connectivity index (χ0n) is 7.88. The third kappa shape index (κ3) is 2.83. The maximum Gasteiger partial charge on any atom is 0.108 e. The Labute approximate surface area is 83.8 Å². The second-order valence-electron chi connectivity index (χ2n) is 2.97. The number of aliphatic hydroxyl groups is 2. The molecule has 2 atom stereocenters. The summed E-state index contributed by atoms with van der Waals surface area (Å²) in [7, 11) is 0. The minimum absolute atomic E-state index is 0.703. The molecule has 0 saturated carbocycles. The van der Waals surface area contributed by atoms with Crippen molar-refractivity contribution in [3.63, 3.8) is 0 Å². The normalized spacial score (nSPS) is 15.3. The van der Waals surface area contributed by atoms with Gasteiger partial charge in [-0.15, -0.1) is 0 Å². The molecule has 0 aliphatic rings. The van der Waals surface area contributed by atoms with E-state index in [0.717, 1.165) is 0 Å². The van der Waals surface area contributed by atoms with Crippen molar-refractivity contribution in [2.24, 2.45) is 0 Å². The Morgan fingerprint density at radius 1 is 1.14 bits per heavy atom. The summed E-state index contributed by atoms with van der Waals surface area (Å²) in [5.74, 6) is 0. The Hall–Kier alpha value is -1.38. The number of allylic oxidation sites excluding steroid dienone is 2. The molecule has 0 heterocycles. The van der Waals surface area contributed by atoms with Crippen LogP contribution in [0, 0.1) is 0 Å². The lowest BCUT2D eigenvalue weighted by Gasteiger charge is -2.14. The maximum absolute atomic E-state index is 9.68. The highest BCUT2D eigenvalue weighted by molar-refractivity contribution is 5.20. The summed E-state index contributed by atoms with van der Waals surface area (Å²) >= 11 is 0. The van der Waals surface area contributed by atoms with Crippen molar-refractivity contribution in [2.75, 3.05) is 0 Å². The first-order chi connectivity index (χ1) is 6.75. The molecule has 0 aromatic heterocycles. The quantitative estimate of drug-likeness (QED) is 0.711. The average Bonchev–Trinajstić information content (AvgIpc) is 2.26. The van der Waals surface area contributed by atoms with Gasteiger partial charge in [0.05, 0.1) is 0 Å². The van der Waals surface area contributed by atoms with Crippen molar-refractivity contribution in [1.82, 2.24) is 0 Å². The van der Waals surface area contributed by atoms with Crippen molar-refractivity contribution in [3.05, 3.63) is 60.7 Å². The molecule has 0 unspecified atom stereocenters. The molecule has 2 heteroatoms. The lowest BCUT2D eigenvalue weighted by molar-refractivity contribution is 0.0483. The third-order valence-electron chi connectivity index (χ3n) is 1.91. The van der Waals surface area contributed by atoms with Crippen LogP contribution in [0.4, 0.5) is 0 Å². The van der Waals surface area contributed by atoms with Gasteiger partial charge in [-0.2, -0.15) is 0 Å². The van der Waals surface area contributed by atoms with Crippen molar-refractivity contribution in [3.8, 4) is 0 Å². The second-order valence-corrected chi connectivity index (χ2v) is 2.97. The van der Waals surface area contributed by atoms with Crippen LogP contribution in [-0.2, 0) is 0 Å². The van der Waals surface area contributed by atoms with Gasteiger partial charge in [-0.25, -0.2) is 0 Å². The van der Waals surface area contributed by atoms with Gasteiger partial charge in [-0.3, -0.25) is 0 Å². The summed E-state index contributed by atoms with van der Waals surface area (Å²) < 4.78 is 0. The Bertz CT molecular complexity index is 303. The van der Waals surface area contributed by atoms with Gasteiger partial charge < -0.3 is 10.2 Å². The summed E-state index contributed by atoms with van der Waals surface area (Å²) in [5, 5.41) is 19.2. The Morgan fingerprint density at radius 2 is 1.79 bits per heavy atom. The van der Waals surface area contributed by atoms with E-state index in [-0.39, 0.29) is 0 Å². The zero-order chi connectivity index (χ0) is 10.4. The largest absolute Gasteiger partial charge is 0.386 e. The molecule has 2 nitrogen and oxygen atoms in total. The molecule has 14 heavy (non-hydrogen) atoms. The highest BCUT2D eigenvalue weighted by atomic mass is 16.3. The first kappa shape index (κ1) is 10.7. The van der Waals surface area contributed by atoms with Crippen LogP contribution in [0.1, 0.15) is 11.7 Å². The van der Waals surface area contributed by atoms with E-state index in [1.165, 1.54) is 6.08 Å². The fraction of sp³-hybridized carbons (Fsp3) is 0.167. The topological polar surface area (TPSA) is 40.5 Å². The molecule has 0 bridgehead atoms. The number of rotatable bonds is 4. The average molecular weight is 190 g/mol. The standard InChI is InChI=1S/C12H14O2/c1-2-3-9-11(13)12(14)10-7-5-4-6-8-10/h2-9,11-14H,1H2/b9-3+/t11-,12+/m0/s1. The Kier molecular flexibility index (Phi) is 4.11. The van der Waals surface area contributed by atoms with Gasteiger partial charge in [0.2, 0.25) is 0 Å². The van der Waals surface area contributed by atoms with E-state index in [4.69, 9.17) is 0 Å². The number of hydrogen-bond acceptors (Lipinski definition) is 2. The molecule has 1 aromatic rings. The monoisotopic (exact) mass is 190 g/mol. The van der Waals surface area contributed by atoms with Gasteiger partial charge in [0.25, 0.3) is 0 Å². The van der Waals surface area contributed by atoms with E-state index in [1.807, 2.05) is 18.2 Å². The minimum Gasteiger partial charge on any atom is -0.386 e. The van der Waals surface area contributed by atoms with E-state index in [1.54, 1.807) is 24.3 Å². The zero-order valence-corrected chi connectivity index (χ0v) is 7.88. The van der Waals surface area contributed by atoms with Crippen molar-refractivity contribution in [1.29, 1.82) is 0 Å². The molecule has 0 spiro atoms. The van der Waals surface area contributed by atoms with Crippen LogP contribution in [0.3, 0.4) is 0 Å². The summed E-state index contributed by atoms with van der Waals surface area (Å²) in [6.07, 6.45) is 2.89. The highest BCUT2D eigenvalue weighted by Crippen LogP contribution is 2.16. The smallest absolute Gasteiger partial charge is 0.108 e. The summed E-state index contributed by atoms with van der Waals surface area (Å²) in [5.41, 5.74) is 0.703. The van der Waals surface area contributed by atoms with Gasteiger partial charge in [0.15, 0.2) is 0 Å². The van der Waals surface area contributed by atoms with Crippen molar-refractivity contribution in [2.45, 2.75) is 12.2 Å². The van der Waals surface area contributed by atoms with Gasteiger partial charge >= 0.3 is 0 Å². The molecule has 0 fully saturated rings. The number of hydrogen-bond donors (Lipinski definition) is 2. The van der Waals surface area contributed by atoms with Crippen LogP contribution < -0.4 is 0 Å². The van der Waals surface area contributed by atoms with E-state index < -0.39 is 12.2 Å². The van der Waals surface area contributed by atoms with E-state index in [9.17, 15) is 10.2 Å². The molecule has 1 rings (SSSR count). The third-order valence-corrected chi connectivity index (χ3v) is 1.91. The van der Waals surface area contributed by atoms with Gasteiger partial charge in [0.1, 0.15) is 12.2 Å². The van der Waals surface area contributed by atoms with Gasteiger partial charge in [-0.05, 0) is 5.56 Å². The first-order valence-electron chi connectivity index (χ1n) is 4.46. The predicted molar refractivity (Wildman–Crippen MR) is 56.7 cm³/mol. The molecule has 0 aliphatic carbocycles. The van der Waals surface area contributed by atoms with Crippen LogP contribution >= 0.6 is 0 Å². The minimum atomic E-state index is -0.893. The van der Waals surface area contributed by atoms with Gasteiger partial charge in [-0.1, -0.05) is 55.1 Å². The first-order valence-corrected chi connectivity index (χ1v) is 4.46. The van der Waals surface area contributed by atoms with Crippen molar-refractivity contribution < 1.29 is 10.2 Å². The van der Waals surface area contributed by atoms with Crippen molar-refractivity contribution >= 4 is 0 Å².